The topological polar surface area (TPSA) is 14.8 Å². The van der Waals surface area contributed by atoms with E-state index in [1.807, 2.05) is 0 Å². The highest BCUT2D eigenvalue weighted by molar-refractivity contribution is 6.44. The van der Waals surface area contributed by atoms with Crippen molar-refractivity contribution < 1.29 is 0 Å². The van der Waals surface area contributed by atoms with Gasteiger partial charge >= 0.3 is 0 Å². The summed E-state index contributed by atoms with van der Waals surface area (Å²) in [5, 5.41) is 15.1. The third kappa shape index (κ3) is 4.97. The van der Waals surface area contributed by atoms with Crippen molar-refractivity contribution in [1.82, 2.24) is 13.7 Å². The van der Waals surface area contributed by atoms with Crippen molar-refractivity contribution >= 4 is 97.7 Å². The molecule has 12 aromatic carbocycles. The summed E-state index contributed by atoms with van der Waals surface area (Å²) in [4.78, 5) is 0. The number of rotatable bonds is 4. The summed E-state index contributed by atoms with van der Waals surface area (Å²) in [5.74, 6) is 0.180. The van der Waals surface area contributed by atoms with E-state index in [0.717, 1.165) is 17.1 Å². The maximum Gasteiger partial charge on any atom is 0.0633 e. The summed E-state index contributed by atoms with van der Waals surface area (Å²) in [5.41, 5.74) is 17.4. The summed E-state index contributed by atoms with van der Waals surface area (Å²) in [7, 11) is 0. The van der Waals surface area contributed by atoms with Gasteiger partial charge in [0.25, 0.3) is 0 Å². The Morgan fingerprint density at radius 3 is 0.957 bits per heavy atom. The van der Waals surface area contributed by atoms with Gasteiger partial charge < -0.3 is 13.7 Å². The first kappa shape index (κ1) is 37.9. The lowest BCUT2D eigenvalue weighted by molar-refractivity contribution is 1.01. The maximum absolute atomic E-state index is 2.56. The van der Waals surface area contributed by atoms with Crippen LogP contribution in [0, 0.1) is 0 Å². The first-order chi connectivity index (χ1) is 34.8. The van der Waals surface area contributed by atoms with Crippen molar-refractivity contribution in [2.45, 2.75) is 5.92 Å². The summed E-state index contributed by atoms with van der Waals surface area (Å²) < 4.78 is 7.52. The Bertz CT molecular complexity index is 4600. The van der Waals surface area contributed by atoms with Gasteiger partial charge in [0.15, 0.2) is 0 Å². The quantitative estimate of drug-likeness (QED) is 0.156. The van der Waals surface area contributed by atoms with Crippen LogP contribution in [0.25, 0.3) is 126 Å². The Morgan fingerprint density at radius 2 is 0.529 bits per heavy atom. The van der Waals surface area contributed by atoms with E-state index in [4.69, 9.17) is 0 Å². The molecule has 324 valence electrons. The number of aromatic nitrogens is 3. The summed E-state index contributed by atoms with van der Waals surface area (Å²) in [6, 6.07) is 90.4. The normalized spacial score (nSPS) is 12.8. The summed E-state index contributed by atoms with van der Waals surface area (Å²) in [6.07, 6.45) is 0. The van der Waals surface area contributed by atoms with E-state index in [0.29, 0.717) is 0 Å². The fraction of sp³-hybridized carbons (Fsp3) is 0.0149. The van der Waals surface area contributed by atoms with Gasteiger partial charge in [-0.05, 0) is 110 Å². The summed E-state index contributed by atoms with van der Waals surface area (Å²) >= 11 is 0. The molecule has 0 amide bonds. The van der Waals surface area contributed by atoms with Gasteiger partial charge in [-0.15, -0.1) is 0 Å². The zero-order valence-corrected chi connectivity index (χ0v) is 38.0. The van der Waals surface area contributed by atoms with E-state index in [1.54, 1.807) is 0 Å². The maximum atomic E-state index is 2.56. The number of hydrogen-bond acceptors (Lipinski definition) is 0. The van der Waals surface area contributed by atoms with Crippen LogP contribution in [0.3, 0.4) is 0 Å². The Labute approximate surface area is 402 Å². The molecule has 0 radical (unpaired) electrons. The highest BCUT2D eigenvalue weighted by Crippen LogP contribution is 2.51. The molecule has 3 heterocycles. The number of fused-ring (bicyclic) bond motifs is 21. The van der Waals surface area contributed by atoms with Gasteiger partial charge in [0.2, 0.25) is 0 Å². The molecule has 15 aromatic rings. The third-order valence-electron chi connectivity index (χ3n) is 15.7. The first-order valence-corrected chi connectivity index (χ1v) is 24.4. The summed E-state index contributed by atoms with van der Waals surface area (Å²) in [6.45, 7) is 0. The Kier molecular flexibility index (Phi) is 7.67. The van der Waals surface area contributed by atoms with E-state index in [2.05, 4.69) is 256 Å². The van der Waals surface area contributed by atoms with Gasteiger partial charge in [0.05, 0.1) is 33.1 Å². The standard InChI is InChI=1S/C67H41N3/c1-3-21-49-45(17-1)46-18-2-4-22-50(46)61(49)41-33-35-43(36-34-41)69-59-31-15-11-27-55(59)62-51-23-5-8-26-54(51)65-64(66(62)69)53-25-7-6-24-52(53)63-56-28-12-16-32-60(56)70(67(63)65)44-39-37-42(38-40-44)68-57-29-13-9-19-47(57)48-20-10-14-30-58(48)68/h1-40,61H. The zero-order chi connectivity index (χ0) is 45.6. The number of para-hydroxylation sites is 4. The van der Waals surface area contributed by atoms with E-state index >= 15 is 0 Å². The lowest BCUT2D eigenvalue weighted by Gasteiger charge is -2.18. The predicted molar refractivity (Wildman–Crippen MR) is 295 cm³/mol. The fourth-order valence-corrected chi connectivity index (χ4v) is 12.9. The largest absolute Gasteiger partial charge is 0.309 e. The second-order valence-electron chi connectivity index (χ2n) is 19.1. The molecule has 0 bridgehead atoms. The van der Waals surface area contributed by atoms with Crippen LogP contribution in [0.15, 0.2) is 243 Å². The molecule has 0 spiro atoms. The van der Waals surface area contributed by atoms with Crippen LogP contribution < -0.4 is 0 Å². The van der Waals surface area contributed by atoms with E-state index in [-0.39, 0.29) is 5.92 Å². The molecule has 1 aliphatic carbocycles. The molecule has 16 rings (SSSR count). The lowest BCUT2D eigenvalue weighted by Crippen LogP contribution is -2.01. The molecule has 0 atom stereocenters. The van der Waals surface area contributed by atoms with Crippen LogP contribution in [0.5, 0.6) is 0 Å². The predicted octanol–water partition coefficient (Wildman–Crippen LogP) is 17.6. The van der Waals surface area contributed by atoms with Crippen molar-refractivity contribution in [3.8, 4) is 28.2 Å². The molecular formula is C67H41N3. The molecule has 0 aliphatic heterocycles. The number of hydrogen-bond donors (Lipinski definition) is 0. The van der Waals surface area contributed by atoms with E-state index in [1.165, 1.54) is 126 Å². The van der Waals surface area contributed by atoms with Gasteiger partial charge in [-0.3, -0.25) is 0 Å². The van der Waals surface area contributed by atoms with Crippen LogP contribution in [0.4, 0.5) is 0 Å². The highest BCUT2D eigenvalue weighted by atomic mass is 15.0. The molecule has 0 unspecified atom stereocenters. The molecule has 0 saturated heterocycles. The molecule has 0 fully saturated rings. The van der Waals surface area contributed by atoms with Crippen molar-refractivity contribution in [3.05, 3.63) is 259 Å². The molecule has 3 nitrogen and oxygen atoms in total. The molecule has 70 heavy (non-hydrogen) atoms. The van der Waals surface area contributed by atoms with Crippen molar-refractivity contribution in [2.24, 2.45) is 0 Å². The fourth-order valence-electron chi connectivity index (χ4n) is 12.9. The van der Waals surface area contributed by atoms with E-state index < -0.39 is 0 Å². The Hall–Kier alpha value is -9.18. The van der Waals surface area contributed by atoms with Gasteiger partial charge in [0.1, 0.15) is 0 Å². The highest BCUT2D eigenvalue weighted by Gasteiger charge is 2.30. The van der Waals surface area contributed by atoms with Crippen LogP contribution in [0.1, 0.15) is 22.6 Å². The molecular weight excluding hydrogens is 847 g/mol. The SMILES string of the molecule is c1ccc2c(c1)-c1ccccc1C2c1ccc(-n2c3ccccc3c3c4ccccc4c4c(c5ccccc5c5c6ccccc6n(-c6ccc(-n7c8ccccc8c8ccccc87)cc6)c54)c32)cc1. The smallest absolute Gasteiger partial charge is 0.0633 e. The van der Waals surface area contributed by atoms with Crippen molar-refractivity contribution in [1.29, 1.82) is 0 Å². The van der Waals surface area contributed by atoms with Crippen LogP contribution >= 0.6 is 0 Å². The second-order valence-corrected chi connectivity index (χ2v) is 19.1. The Balaban J connectivity index is 1.01. The second kappa shape index (κ2) is 14.2. The average Bonchev–Trinajstić information content (AvgIpc) is 4.17. The first-order valence-electron chi connectivity index (χ1n) is 24.4. The molecule has 0 N–H and O–H groups in total. The van der Waals surface area contributed by atoms with E-state index in [9.17, 15) is 0 Å². The van der Waals surface area contributed by atoms with Crippen LogP contribution in [0.2, 0.25) is 0 Å². The molecule has 1 aliphatic rings. The van der Waals surface area contributed by atoms with Gasteiger partial charge in [0, 0.05) is 66.1 Å². The van der Waals surface area contributed by atoms with Crippen LogP contribution in [-0.4, -0.2) is 13.7 Å². The number of nitrogens with zero attached hydrogens (tertiary/aromatic N) is 3. The van der Waals surface area contributed by atoms with Gasteiger partial charge in [-0.25, -0.2) is 0 Å². The third-order valence-corrected chi connectivity index (χ3v) is 15.7. The minimum Gasteiger partial charge on any atom is -0.309 e. The minimum absolute atomic E-state index is 0.180. The lowest BCUT2D eigenvalue weighted by atomic mass is 9.89. The molecule has 3 heteroatoms. The molecule has 3 aromatic heterocycles. The van der Waals surface area contributed by atoms with Gasteiger partial charge in [-0.1, -0.05) is 182 Å². The van der Waals surface area contributed by atoms with Crippen molar-refractivity contribution in [3.63, 3.8) is 0 Å². The van der Waals surface area contributed by atoms with Crippen LogP contribution in [-0.2, 0) is 0 Å². The monoisotopic (exact) mass is 887 g/mol. The average molecular weight is 888 g/mol. The zero-order valence-electron chi connectivity index (χ0n) is 38.0. The minimum atomic E-state index is 0.180. The van der Waals surface area contributed by atoms with Gasteiger partial charge in [-0.2, -0.15) is 0 Å². The Morgan fingerprint density at radius 1 is 0.229 bits per heavy atom. The molecule has 0 saturated carbocycles. The number of benzene rings is 12. The van der Waals surface area contributed by atoms with Crippen molar-refractivity contribution in [2.75, 3.05) is 0 Å².